The summed E-state index contributed by atoms with van der Waals surface area (Å²) in [6, 6.07) is 22.7. The lowest BCUT2D eigenvalue weighted by Gasteiger charge is -2.18. The lowest BCUT2D eigenvalue weighted by Crippen LogP contribution is -2.28. The summed E-state index contributed by atoms with van der Waals surface area (Å²) >= 11 is 1.37. The zero-order valence-corrected chi connectivity index (χ0v) is 20.6. The van der Waals surface area contributed by atoms with Crippen molar-refractivity contribution in [3.8, 4) is 0 Å². The van der Waals surface area contributed by atoms with Crippen LogP contribution in [0.15, 0.2) is 71.6 Å². The molecule has 0 aromatic heterocycles. The van der Waals surface area contributed by atoms with Gasteiger partial charge in [-0.1, -0.05) is 86.8 Å². The second kappa shape index (κ2) is 12.4. The molecule has 3 aromatic rings. The summed E-state index contributed by atoms with van der Waals surface area (Å²) < 4.78 is 3.07. The fraction of sp³-hybridized carbons (Fsp3) is 0.357. The van der Waals surface area contributed by atoms with Gasteiger partial charge in [0.05, 0.1) is 5.92 Å². The molecule has 3 aromatic carbocycles. The van der Waals surface area contributed by atoms with E-state index in [4.69, 9.17) is 0 Å². The highest BCUT2D eigenvalue weighted by atomic mass is 32.2. The van der Waals surface area contributed by atoms with Gasteiger partial charge in [0, 0.05) is 17.4 Å². The van der Waals surface area contributed by atoms with Gasteiger partial charge in [-0.3, -0.25) is 14.3 Å². The summed E-state index contributed by atoms with van der Waals surface area (Å²) in [5.41, 5.74) is 2.24. The Morgan fingerprint density at radius 3 is 2.30 bits per heavy atom. The number of amides is 2. The van der Waals surface area contributed by atoms with Gasteiger partial charge in [-0.05, 0) is 60.2 Å². The first-order valence-electron chi connectivity index (χ1n) is 11.7. The number of nitrogens with one attached hydrogen (secondary N) is 2. The van der Waals surface area contributed by atoms with Gasteiger partial charge in [-0.25, -0.2) is 0 Å². The lowest BCUT2D eigenvalue weighted by atomic mass is 9.91. The maximum atomic E-state index is 13.2. The summed E-state index contributed by atoms with van der Waals surface area (Å²) in [4.78, 5) is 25.9. The van der Waals surface area contributed by atoms with Gasteiger partial charge in [0.1, 0.15) is 0 Å². The minimum Gasteiger partial charge on any atom is -0.356 e. The maximum Gasteiger partial charge on any atom is 0.237 e. The second-order valence-corrected chi connectivity index (χ2v) is 9.72. The van der Waals surface area contributed by atoms with Crippen LogP contribution in [0.3, 0.4) is 0 Å². The molecule has 33 heavy (non-hydrogen) atoms. The van der Waals surface area contributed by atoms with E-state index in [0.29, 0.717) is 6.54 Å². The molecule has 0 radical (unpaired) electrons. The van der Waals surface area contributed by atoms with Crippen LogP contribution in [-0.4, -0.2) is 18.4 Å². The summed E-state index contributed by atoms with van der Waals surface area (Å²) in [5.74, 6) is -0.0738. The Labute approximate surface area is 201 Å². The number of fused-ring (bicyclic) bond motifs is 1. The van der Waals surface area contributed by atoms with Gasteiger partial charge in [0.15, 0.2) is 0 Å². The highest BCUT2D eigenvalue weighted by molar-refractivity contribution is 7.98. The third-order valence-electron chi connectivity index (χ3n) is 5.78. The highest BCUT2D eigenvalue weighted by Gasteiger charge is 2.21. The first-order chi connectivity index (χ1) is 15.9. The number of aryl methyl sites for hydroxylation is 1. The van der Waals surface area contributed by atoms with E-state index < -0.39 is 0 Å². The maximum absolute atomic E-state index is 13.2. The molecule has 4 nitrogen and oxygen atoms in total. The first kappa shape index (κ1) is 24.8. The van der Waals surface area contributed by atoms with Crippen LogP contribution in [-0.2, 0) is 9.59 Å². The van der Waals surface area contributed by atoms with Crippen molar-refractivity contribution in [3.05, 3.63) is 77.9 Å². The minimum absolute atomic E-state index is 0.0111. The monoisotopic (exact) mass is 462 g/mol. The predicted octanol–water partition coefficient (Wildman–Crippen LogP) is 6.39. The topological polar surface area (TPSA) is 58.2 Å². The van der Waals surface area contributed by atoms with Crippen LogP contribution in [0.5, 0.6) is 0 Å². The number of carbonyl (C=O) groups is 2. The van der Waals surface area contributed by atoms with Crippen LogP contribution in [0, 0.1) is 12.8 Å². The standard InChI is InChI=1S/C28H34N2O2S/c1-20(2)27(31)29-18-8-4-5-11-26(24-15-14-22-9-6-7-10-23(22)19-24)28(32)30-33-25-16-12-21(3)13-17-25/h6-7,9-10,12-17,19-20,26H,4-5,8,11,18H2,1-3H3,(H,29,31)(H,30,32). The zero-order valence-electron chi connectivity index (χ0n) is 19.8. The van der Waals surface area contributed by atoms with Crippen LogP contribution >= 0.6 is 11.9 Å². The average molecular weight is 463 g/mol. The van der Waals surface area contributed by atoms with Crippen LogP contribution in [0.1, 0.15) is 56.6 Å². The lowest BCUT2D eigenvalue weighted by molar-refractivity contribution is -0.124. The quantitative estimate of drug-likeness (QED) is 0.256. The Bertz CT molecular complexity index is 1060. The van der Waals surface area contributed by atoms with Crippen molar-refractivity contribution < 1.29 is 9.59 Å². The molecule has 0 spiro atoms. The van der Waals surface area contributed by atoms with E-state index in [9.17, 15) is 9.59 Å². The molecular formula is C28H34N2O2S. The number of carbonyl (C=O) groups excluding carboxylic acids is 2. The van der Waals surface area contributed by atoms with Crippen molar-refractivity contribution in [1.82, 2.24) is 10.0 Å². The molecule has 0 heterocycles. The Balaban J connectivity index is 1.62. The van der Waals surface area contributed by atoms with Crippen molar-refractivity contribution in [2.24, 2.45) is 5.92 Å². The van der Waals surface area contributed by atoms with Crippen molar-refractivity contribution in [2.45, 2.75) is 57.3 Å². The van der Waals surface area contributed by atoms with Crippen molar-refractivity contribution >= 4 is 34.5 Å². The SMILES string of the molecule is Cc1ccc(SNC(=O)C(CCCCCNC(=O)C(C)C)c2ccc3ccccc3c2)cc1. The van der Waals surface area contributed by atoms with E-state index in [1.54, 1.807) is 0 Å². The number of unbranched alkanes of at least 4 members (excludes halogenated alkanes) is 2. The molecule has 0 bridgehead atoms. The van der Waals surface area contributed by atoms with Crippen LogP contribution in [0.25, 0.3) is 10.8 Å². The highest BCUT2D eigenvalue weighted by Crippen LogP contribution is 2.28. The van der Waals surface area contributed by atoms with Crippen molar-refractivity contribution in [2.75, 3.05) is 6.54 Å². The van der Waals surface area contributed by atoms with E-state index in [1.165, 1.54) is 22.9 Å². The van der Waals surface area contributed by atoms with Gasteiger partial charge >= 0.3 is 0 Å². The largest absolute Gasteiger partial charge is 0.356 e. The zero-order chi connectivity index (χ0) is 23.6. The van der Waals surface area contributed by atoms with E-state index in [1.807, 2.05) is 50.2 Å². The second-order valence-electron chi connectivity index (χ2n) is 8.84. The third-order valence-corrected chi connectivity index (χ3v) is 6.59. The van der Waals surface area contributed by atoms with Gasteiger partial charge in [-0.15, -0.1) is 0 Å². The molecule has 0 aliphatic carbocycles. The number of hydrogen-bond donors (Lipinski definition) is 2. The smallest absolute Gasteiger partial charge is 0.237 e. The molecule has 174 valence electrons. The van der Waals surface area contributed by atoms with E-state index >= 15 is 0 Å². The first-order valence-corrected chi connectivity index (χ1v) is 12.6. The molecule has 1 unspecified atom stereocenters. The summed E-state index contributed by atoms with van der Waals surface area (Å²) in [5, 5.41) is 5.29. The van der Waals surface area contributed by atoms with Crippen LogP contribution in [0.2, 0.25) is 0 Å². The fourth-order valence-corrected chi connectivity index (χ4v) is 4.36. The Morgan fingerprint density at radius 1 is 0.848 bits per heavy atom. The molecule has 0 saturated heterocycles. The van der Waals surface area contributed by atoms with Crippen LogP contribution < -0.4 is 10.0 Å². The summed E-state index contributed by atoms with van der Waals surface area (Å²) in [6.07, 6.45) is 3.60. The Hall–Kier alpha value is -2.79. The molecule has 2 N–H and O–H groups in total. The number of hydrogen-bond acceptors (Lipinski definition) is 3. The van der Waals surface area contributed by atoms with Gasteiger partial charge in [0.25, 0.3) is 0 Å². The molecule has 0 saturated carbocycles. The fourth-order valence-electron chi connectivity index (χ4n) is 3.73. The minimum atomic E-state index is -0.210. The van der Waals surface area contributed by atoms with Crippen molar-refractivity contribution in [3.63, 3.8) is 0 Å². The number of benzene rings is 3. The van der Waals surface area contributed by atoms with Crippen LogP contribution in [0.4, 0.5) is 0 Å². The van der Waals surface area contributed by atoms with E-state index in [-0.39, 0.29) is 23.7 Å². The molecule has 1 atom stereocenters. The van der Waals surface area contributed by atoms with Gasteiger partial charge in [0.2, 0.25) is 11.8 Å². The Kier molecular flexibility index (Phi) is 9.37. The molecule has 0 fully saturated rings. The van der Waals surface area contributed by atoms with Gasteiger partial charge in [-0.2, -0.15) is 0 Å². The molecular weight excluding hydrogens is 428 g/mol. The number of rotatable bonds is 11. The van der Waals surface area contributed by atoms with E-state index in [0.717, 1.165) is 41.5 Å². The van der Waals surface area contributed by atoms with Crippen molar-refractivity contribution in [1.29, 1.82) is 0 Å². The average Bonchev–Trinajstić information content (AvgIpc) is 2.82. The van der Waals surface area contributed by atoms with E-state index in [2.05, 4.69) is 47.3 Å². The normalized spacial score (nSPS) is 12.0. The molecule has 3 rings (SSSR count). The summed E-state index contributed by atoms with van der Waals surface area (Å²) in [6.45, 7) is 6.54. The third kappa shape index (κ3) is 7.64. The molecule has 0 aliphatic heterocycles. The molecule has 2 amide bonds. The Morgan fingerprint density at radius 2 is 1.58 bits per heavy atom. The summed E-state index contributed by atoms with van der Waals surface area (Å²) in [7, 11) is 0. The molecule has 5 heteroatoms. The van der Waals surface area contributed by atoms with Gasteiger partial charge < -0.3 is 5.32 Å². The predicted molar refractivity (Wildman–Crippen MR) is 138 cm³/mol. The molecule has 0 aliphatic rings.